The minimum absolute atomic E-state index is 0.140. The maximum Gasteiger partial charge on any atom is 0.0693 e. The second-order valence-electron chi connectivity index (χ2n) is 3.98. The van der Waals surface area contributed by atoms with Crippen molar-refractivity contribution in [2.24, 2.45) is 0 Å². The maximum absolute atomic E-state index is 9.49. The molecule has 2 N–H and O–H groups in total. The van der Waals surface area contributed by atoms with Gasteiger partial charge in [0.1, 0.15) is 0 Å². The molecule has 1 saturated carbocycles. The summed E-state index contributed by atoms with van der Waals surface area (Å²) in [6, 6.07) is 0.302. The average molecular weight is 187 g/mol. The number of aliphatic hydroxyl groups excluding tert-OH is 1. The molecule has 13 heavy (non-hydrogen) atoms. The van der Waals surface area contributed by atoms with Gasteiger partial charge in [0.15, 0.2) is 0 Å². The van der Waals surface area contributed by atoms with Crippen molar-refractivity contribution in [1.29, 1.82) is 0 Å². The SMILES string of the molecule is CC(C)OCCN[C@H]1CCC[C@@H]1O. The van der Waals surface area contributed by atoms with Crippen LogP contribution in [0.25, 0.3) is 0 Å². The zero-order valence-electron chi connectivity index (χ0n) is 8.62. The standard InChI is InChI=1S/C10H21NO2/c1-8(2)13-7-6-11-9-4-3-5-10(9)12/h8-12H,3-7H2,1-2H3/t9-,10-/m0/s1. The molecule has 78 valence electrons. The van der Waals surface area contributed by atoms with Gasteiger partial charge in [-0.05, 0) is 33.1 Å². The van der Waals surface area contributed by atoms with Gasteiger partial charge in [0.2, 0.25) is 0 Å². The molecule has 0 spiro atoms. The van der Waals surface area contributed by atoms with Crippen molar-refractivity contribution in [3.8, 4) is 0 Å². The van der Waals surface area contributed by atoms with Crippen LogP contribution in [-0.2, 0) is 4.74 Å². The van der Waals surface area contributed by atoms with Crippen LogP contribution in [0.15, 0.2) is 0 Å². The van der Waals surface area contributed by atoms with Gasteiger partial charge in [-0.2, -0.15) is 0 Å². The van der Waals surface area contributed by atoms with E-state index < -0.39 is 0 Å². The highest BCUT2D eigenvalue weighted by Crippen LogP contribution is 2.18. The molecule has 1 rings (SSSR count). The summed E-state index contributed by atoms with van der Waals surface area (Å²) < 4.78 is 5.39. The minimum Gasteiger partial charge on any atom is -0.392 e. The Morgan fingerprint density at radius 1 is 1.46 bits per heavy atom. The highest BCUT2D eigenvalue weighted by atomic mass is 16.5. The third-order valence-corrected chi connectivity index (χ3v) is 2.44. The van der Waals surface area contributed by atoms with E-state index >= 15 is 0 Å². The van der Waals surface area contributed by atoms with Crippen molar-refractivity contribution < 1.29 is 9.84 Å². The predicted molar refractivity (Wildman–Crippen MR) is 52.7 cm³/mol. The average Bonchev–Trinajstić information content (AvgIpc) is 2.45. The van der Waals surface area contributed by atoms with Crippen LogP contribution < -0.4 is 5.32 Å². The molecule has 1 fully saturated rings. The smallest absolute Gasteiger partial charge is 0.0693 e. The van der Waals surface area contributed by atoms with Crippen molar-refractivity contribution in [1.82, 2.24) is 5.32 Å². The van der Waals surface area contributed by atoms with Crippen LogP contribution in [0.2, 0.25) is 0 Å². The van der Waals surface area contributed by atoms with Crippen LogP contribution in [0, 0.1) is 0 Å². The molecular weight excluding hydrogens is 166 g/mol. The van der Waals surface area contributed by atoms with Crippen LogP contribution in [0.5, 0.6) is 0 Å². The van der Waals surface area contributed by atoms with Crippen LogP contribution in [0.1, 0.15) is 33.1 Å². The molecule has 0 saturated heterocycles. The zero-order chi connectivity index (χ0) is 9.68. The lowest BCUT2D eigenvalue weighted by molar-refractivity contribution is 0.0744. The molecule has 0 aromatic heterocycles. The Labute approximate surface area is 80.5 Å². The van der Waals surface area contributed by atoms with Gasteiger partial charge in [0.05, 0.1) is 18.8 Å². The van der Waals surface area contributed by atoms with Crippen molar-refractivity contribution in [2.45, 2.75) is 51.4 Å². The first-order valence-electron chi connectivity index (χ1n) is 5.23. The fourth-order valence-corrected chi connectivity index (χ4v) is 1.72. The first-order chi connectivity index (χ1) is 6.20. The zero-order valence-corrected chi connectivity index (χ0v) is 8.62. The summed E-state index contributed by atoms with van der Waals surface area (Å²) in [5, 5.41) is 12.8. The molecule has 0 aliphatic heterocycles. The fraction of sp³-hybridized carbons (Fsp3) is 1.00. The van der Waals surface area contributed by atoms with Gasteiger partial charge in [-0.25, -0.2) is 0 Å². The lowest BCUT2D eigenvalue weighted by Gasteiger charge is -2.16. The van der Waals surface area contributed by atoms with E-state index in [1.807, 2.05) is 13.8 Å². The Morgan fingerprint density at radius 2 is 2.23 bits per heavy atom. The molecule has 0 unspecified atom stereocenters. The van der Waals surface area contributed by atoms with Gasteiger partial charge >= 0.3 is 0 Å². The molecule has 3 heteroatoms. The van der Waals surface area contributed by atoms with Crippen LogP contribution in [0.3, 0.4) is 0 Å². The van der Waals surface area contributed by atoms with Crippen LogP contribution >= 0.6 is 0 Å². The molecule has 0 radical (unpaired) electrons. The third-order valence-electron chi connectivity index (χ3n) is 2.44. The highest BCUT2D eigenvalue weighted by Gasteiger charge is 2.23. The van der Waals surface area contributed by atoms with Crippen molar-refractivity contribution >= 4 is 0 Å². The van der Waals surface area contributed by atoms with Crippen molar-refractivity contribution in [3.63, 3.8) is 0 Å². The molecule has 2 atom stereocenters. The largest absolute Gasteiger partial charge is 0.392 e. The number of nitrogens with one attached hydrogen (secondary N) is 1. The minimum atomic E-state index is -0.140. The van der Waals surface area contributed by atoms with Gasteiger partial charge in [0.25, 0.3) is 0 Å². The van der Waals surface area contributed by atoms with E-state index in [0.717, 1.165) is 32.4 Å². The monoisotopic (exact) mass is 187 g/mol. The quantitative estimate of drug-likeness (QED) is 0.629. The second-order valence-corrected chi connectivity index (χ2v) is 3.98. The molecule has 0 bridgehead atoms. The maximum atomic E-state index is 9.49. The highest BCUT2D eigenvalue weighted by molar-refractivity contribution is 4.82. The summed E-state index contributed by atoms with van der Waals surface area (Å²) in [4.78, 5) is 0. The van der Waals surface area contributed by atoms with E-state index in [1.54, 1.807) is 0 Å². The molecule has 0 aromatic carbocycles. The number of hydrogen-bond acceptors (Lipinski definition) is 3. The van der Waals surface area contributed by atoms with E-state index in [-0.39, 0.29) is 6.10 Å². The van der Waals surface area contributed by atoms with E-state index in [2.05, 4.69) is 5.32 Å². The Hall–Kier alpha value is -0.120. The Bertz CT molecular complexity index is 139. The summed E-state index contributed by atoms with van der Waals surface area (Å²) in [6.07, 6.45) is 3.35. The Balaban J connectivity index is 1.99. The summed E-state index contributed by atoms with van der Waals surface area (Å²) in [5.41, 5.74) is 0. The third kappa shape index (κ3) is 4.07. The number of aliphatic hydroxyl groups is 1. The van der Waals surface area contributed by atoms with Crippen molar-refractivity contribution in [2.75, 3.05) is 13.2 Å². The Kier molecular flexibility index (Phi) is 4.70. The first kappa shape index (κ1) is 11.0. The number of hydrogen-bond donors (Lipinski definition) is 2. The van der Waals surface area contributed by atoms with E-state index in [9.17, 15) is 5.11 Å². The molecule has 3 nitrogen and oxygen atoms in total. The molecule has 0 amide bonds. The number of ether oxygens (including phenoxy) is 1. The van der Waals surface area contributed by atoms with Crippen molar-refractivity contribution in [3.05, 3.63) is 0 Å². The molecule has 1 aliphatic carbocycles. The first-order valence-corrected chi connectivity index (χ1v) is 5.23. The fourth-order valence-electron chi connectivity index (χ4n) is 1.72. The van der Waals surface area contributed by atoms with Crippen LogP contribution in [-0.4, -0.2) is 36.5 Å². The summed E-state index contributed by atoms with van der Waals surface area (Å²) in [5.74, 6) is 0. The lowest BCUT2D eigenvalue weighted by atomic mass is 10.2. The van der Waals surface area contributed by atoms with Gasteiger partial charge in [-0.3, -0.25) is 0 Å². The topological polar surface area (TPSA) is 41.5 Å². The van der Waals surface area contributed by atoms with Gasteiger partial charge in [-0.1, -0.05) is 0 Å². The number of rotatable bonds is 5. The van der Waals surface area contributed by atoms with Gasteiger partial charge in [-0.15, -0.1) is 0 Å². The summed E-state index contributed by atoms with van der Waals surface area (Å²) in [7, 11) is 0. The summed E-state index contributed by atoms with van der Waals surface area (Å²) in [6.45, 7) is 5.65. The van der Waals surface area contributed by atoms with Gasteiger partial charge < -0.3 is 15.2 Å². The van der Waals surface area contributed by atoms with E-state index in [4.69, 9.17) is 4.74 Å². The molecular formula is C10H21NO2. The Morgan fingerprint density at radius 3 is 2.77 bits per heavy atom. The van der Waals surface area contributed by atoms with Gasteiger partial charge in [0, 0.05) is 12.6 Å². The lowest BCUT2D eigenvalue weighted by Crippen LogP contribution is -2.37. The van der Waals surface area contributed by atoms with E-state index in [1.165, 1.54) is 0 Å². The summed E-state index contributed by atoms with van der Waals surface area (Å²) >= 11 is 0. The molecule has 1 aliphatic rings. The predicted octanol–water partition coefficient (Wildman–Crippen LogP) is 0.914. The van der Waals surface area contributed by atoms with Crippen LogP contribution in [0.4, 0.5) is 0 Å². The van der Waals surface area contributed by atoms with E-state index in [0.29, 0.717) is 12.1 Å². The normalized spacial score (nSPS) is 28.6. The molecule has 0 heterocycles. The molecule has 0 aromatic rings. The second kappa shape index (κ2) is 5.58.